The second-order valence-corrected chi connectivity index (χ2v) is 6.58. The molecule has 2 atom stereocenters. The number of carbonyl (C=O) groups is 1. The lowest BCUT2D eigenvalue weighted by atomic mass is 9.82. The third kappa shape index (κ3) is 6.29. The molecule has 1 aliphatic carbocycles. The van der Waals surface area contributed by atoms with Gasteiger partial charge in [0.2, 0.25) is 0 Å². The average Bonchev–Trinajstić information content (AvgIpc) is 2.24. The van der Waals surface area contributed by atoms with Gasteiger partial charge in [-0.25, -0.2) is 4.79 Å². The van der Waals surface area contributed by atoms with Gasteiger partial charge in [-0.2, -0.15) is 0 Å². The van der Waals surface area contributed by atoms with Gasteiger partial charge in [-0.15, -0.1) is 0 Å². The molecule has 100 valence electrons. The van der Waals surface area contributed by atoms with Crippen molar-refractivity contribution in [2.75, 3.05) is 11.9 Å². The van der Waals surface area contributed by atoms with Gasteiger partial charge in [-0.3, -0.25) is 0 Å². The number of ether oxygens (including phenoxy) is 1. The van der Waals surface area contributed by atoms with E-state index in [1.165, 1.54) is 25.7 Å². The summed E-state index contributed by atoms with van der Waals surface area (Å²) >= 11 is 3.55. The van der Waals surface area contributed by atoms with Crippen LogP contribution in [0.4, 0.5) is 4.79 Å². The lowest BCUT2D eigenvalue weighted by Gasteiger charge is -2.28. The third-order valence-corrected chi connectivity index (χ3v) is 3.96. The third-order valence-electron chi connectivity index (χ3n) is 3.04. The number of alkyl halides is 1. The number of alkyl carbamates (subject to hydrolysis) is 1. The first kappa shape index (κ1) is 14.8. The molecule has 1 aliphatic rings. The molecule has 0 radical (unpaired) electrons. The van der Waals surface area contributed by atoms with Crippen LogP contribution in [0.5, 0.6) is 0 Å². The van der Waals surface area contributed by atoms with Crippen LogP contribution in [0.3, 0.4) is 0 Å². The topological polar surface area (TPSA) is 38.3 Å². The van der Waals surface area contributed by atoms with Crippen LogP contribution in [0, 0.1) is 11.8 Å². The van der Waals surface area contributed by atoms with Crippen LogP contribution in [0.2, 0.25) is 0 Å². The lowest BCUT2D eigenvalue weighted by Crippen LogP contribution is -2.36. The molecule has 0 saturated heterocycles. The number of hydrogen-bond donors (Lipinski definition) is 1. The summed E-state index contributed by atoms with van der Waals surface area (Å²) in [4.78, 5) is 11.5. The van der Waals surface area contributed by atoms with Crippen molar-refractivity contribution in [1.29, 1.82) is 0 Å². The molecule has 1 rings (SSSR count). The Balaban J connectivity index is 2.23. The monoisotopic (exact) mass is 305 g/mol. The number of amides is 1. The number of nitrogens with one attached hydrogen (secondary N) is 1. The quantitative estimate of drug-likeness (QED) is 0.807. The van der Waals surface area contributed by atoms with E-state index in [1.54, 1.807) is 0 Å². The minimum atomic E-state index is -0.408. The van der Waals surface area contributed by atoms with Crippen molar-refractivity contribution in [3.05, 3.63) is 0 Å². The van der Waals surface area contributed by atoms with Gasteiger partial charge in [-0.1, -0.05) is 22.4 Å². The maximum atomic E-state index is 11.5. The molecule has 0 aromatic carbocycles. The first-order chi connectivity index (χ1) is 7.90. The van der Waals surface area contributed by atoms with E-state index in [-0.39, 0.29) is 6.09 Å². The average molecular weight is 306 g/mol. The van der Waals surface area contributed by atoms with Gasteiger partial charge >= 0.3 is 6.09 Å². The Hall–Kier alpha value is -0.250. The van der Waals surface area contributed by atoms with E-state index < -0.39 is 5.60 Å². The standard InChI is InChI=1S/C13H24BrNO2/c1-13(2,3)17-12(16)15-9-11-6-4-5-10(7-11)8-14/h10-11H,4-9H2,1-3H3,(H,15,16)/t10-,11+/m0/s1. The number of rotatable bonds is 3. The zero-order valence-corrected chi connectivity index (χ0v) is 12.7. The SMILES string of the molecule is CC(C)(C)OC(=O)NC[C@@H]1CCC[C@H](CBr)C1. The lowest BCUT2D eigenvalue weighted by molar-refractivity contribution is 0.0513. The van der Waals surface area contributed by atoms with Crippen LogP contribution < -0.4 is 5.32 Å². The zero-order valence-electron chi connectivity index (χ0n) is 11.1. The highest BCUT2D eigenvalue weighted by molar-refractivity contribution is 9.09. The highest BCUT2D eigenvalue weighted by Gasteiger charge is 2.22. The molecule has 1 N–H and O–H groups in total. The van der Waals surface area contributed by atoms with Crippen LogP contribution in [-0.2, 0) is 4.74 Å². The van der Waals surface area contributed by atoms with Crippen molar-refractivity contribution in [3.8, 4) is 0 Å². The van der Waals surface area contributed by atoms with Crippen molar-refractivity contribution >= 4 is 22.0 Å². The van der Waals surface area contributed by atoms with Gasteiger partial charge < -0.3 is 10.1 Å². The largest absolute Gasteiger partial charge is 0.444 e. The number of halogens is 1. The predicted molar refractivity (Wildman–Crippen MR) is 73.5 cm³/mol. The number of hydrogen-bond acceptors (Lipinski definition) is 2. The van der Waals surface area contributed by atoms with E-state index in [9.17, 15) is 4.79 Å². The van der Waals surface area contributed by atoms with Crippen LogP contribution >= 0.6 is 15.9 Å². The Kier molecular flexibility index (Phi) is 5.77. The maximum absolute atomic E-state index is 11.5. The Labute approximate surface area is 113 Å². The van der Waals surface area contributed by atoms with Crippen molar-refractivity contribution in [1.82, 2.24) is 5.32 Å². The summed E-state index contributed by atoms with van der Waals surface area (Å²) in [5, 5.41) is 3.96. The molecule has 0 aliphatic heterocycles. The summed E-state index contributed by atoms with van der Waals surface area (Å²) in [6.07, 6.45) is 4.73. The Morgan fingerprint density at radius 1 is 1.35 bits per heavy atom. The smallest absolute Gasteiger partial charge is 0.407 e. The Morgan fingerprint density at radius 3 is 2.59 bits per heavy atom. The molecule has 0 aromatic heterocycles. The highest BCUT2D eigenvalue weighted by atomic mass is 79.9. The van der Waals surface area contributed by atoms with Gasteiger partial charge in [0.25, 0.3) is 0 Å². The van der Waals surface area contributed by atoms with Gasteiger partial charge in [-0.05, 0) is 51.9 Å². The van der Waals surface area contributed by atoms with E-state index in [2.05, 4.69) is 21.2 Å². The second-order valence-electron chi connectivity index (χ2n) is 5.94. The van der Waals surface area contributed by atoms with E-state index in [4.69, 9.17) is 4.74 Å². The summed E-state index contributed by atoms with van der Waals surface area (Å²) in [5.74, 6) is 1.38. The van der Waals surface area contributed by atoms with Crippen molar-refractivity contribution in [2.24, 2.45) is 11.8 Å². The minimum Gasteiger partial charge on any atom is -0.444 e. The molecule has 0 bridgehead atoms. The van der Waals surface area contributed by atoms with Crippen molar-refractivity contribution in [3.63, 3.8) is 0 Å². The molecular formula is C13H24BrNO2. The normalized spacial score (nSPS) is 25.4. The molecule has 0 aromatic rings. The van der Waals surface area contributed by atoms with Crippen LogP contribution in [0.15, 0.2) is 0 Å². The van der Waals surface area contributed by atoms with Gasteiger partial charge in [0.15, 0.2) is 0 Å². The summed E-state index contributed by atoms with van der Waals surface area (Å²) in [5.41, 5.74) is -0.408. The summed E-state index contributed by atoms with van der Waals surface area (Å²) in [6, 6.07) is 0. The maximum Gasteiger partial charge on any atom is 0.407 e. The van der Waals surface area contributed by atoms with E-state index in [0.717, 1.165) is 17.8 Å². The van der Waals surface area contributed by atoms with Crippen molar-refractivity contribution in [2.45, 2.75) is 52.1 Å². The van der Waals surface area contributed by atoms with Crippen LogP contribution in [-0.4, -0.2) is 23.6 Å². The summed E-state index contributed by atoms with van der Waals surface area (Å²) in [7, 11) is 0. The molecule has 4 heteroatoms. The van der Waals surface area contributed by atoms with Crippen LogP contribution in [0.25, 0.3) is 0 Å². The molecule has 0 heterocycles. The van der Waals surface area contributed by atoms with E-state index in [1.807, 2.05) is 20.8 Å². The fourth-order valence-electron chi connectivity index (χ4n) is 2.27. The van der Waals surface area contributed by atoms with E-state index in [0.29, 0.717) is 5.92 Å². The zero-order chi connectivity index (χ0) is 12.9. The summed E-state index contributed by atoms with van der Waals surface area (Å²) < 4.78 is 5.22. The second kappa shape index (κ2) is 6.62. The molecule has 1 fully saturated rings. The van der Waals surface area contributed by atoms with Gasteiger partial charge in [0.05, 0.1) is 0 Å². The van der Waals surface area contributed by atoms with Gasteiger partial charge in [0.1, 0.15) is 5.60 Å². The fourth-order valence-corrected chi connectivity index (χ4v) is 2.86. The molecule has 1 saturated carbocycles. The first-order valence-corrected chi connectivity index (χ1v) is 7.55. The fraction of sp³-hybridized carbons (Fsp3) is 0.923. The summed E-state index contributed by atoms with van der Waals surface area (Å²) in [6.45, 7) is 6.40. The predicted octanol–water partition coefficient (Wildman–Crippen LogP) is 3.71. The molecule has 17 heavy (non-hydrogen) atoms. The van der Waals surface area contributed by atoms with Crippen molar-refractivity contribution < 1.29 is 9.53 Å². The van der Waals surface area contributed by atoms with Gasteiger partial charge in [0, 0.05) is 11.9 Å². The minimum absolute atomic E-state index is 0.293. The number of carbonyl (C=O) groups excluding carboxylic acids is 1. The molecular weight excluding hydrogens is 282 g/mol. The molecule has 3 nitrogen and oxygen atoms in total. The molecule has 1 amide bonds. The highest BCUT2D eigenvalue weighted by Crippen LogP contribution is 2.29. The van der Waals surface area contributed by atoms with Crippen LogP contribution in [0.1, 0.15) is 46.5 Å². The molecule has 0 unspecified atom stereocenters. The Bertz CT molecular complexity index is 250. The Morgan fingerprint density at radius 2 is 2.00 bits per heavy atom. The molecule has 0 spiro atoms. The van der Waals surface area contributed by atoms with E-state index >= 15 is 0 Å². The first-order valence-electron chi connectivity index (χ1n) is 6.43.